The highest BCUT2D eigenvalue weighted by molar-refractivity contribution is 4.64. The second kappa shape index (κ2) is 12.9. The Kier molecular flexibility index (Phi) is 11.5. The molecule has 1 rings (SSSR count). The number of nitrogens with one attached hydrogen (secondary N) is 2. The zero-order valence-electron chi connectivity index (χ0n) is 12.9. The molecule has 0 radical (unpaired) electrons. The summed E-state index contributed by atoms with van der Waals surface area (Å²) in [5, 5.41) is 6.80. The Bertz CT molecular complexity index is 182. The predicted octanol–water partition coefficient (Wildman–Crippen LogP) is 3.44. The first-order valence-corrected chi connectivity index (χ1v) is 8.49. The fourth-order valence-electron chi connectivity index (χ4n) is 2.57. The van der Waals surface area contributed by atoms with Gasteiger partial charge in [-0.2, -0.15) is 0 Å². The number of hydrogen-bond acceptors (Lipinski definition) is 3. The normalized spacial score (nSPS) is 19.7. The Morgan fingerprint density at radius 2 is 1.58 bits per heavy atom. The van der Waals surface area contributed by atoms with Gasteiger partial charge in [0.15, 0.2) is 0 Å². The summed E-state index contributed by atoms with van der Waals surface area (Å²) in [7, 11) is 0. The van der Waals surface area contributed by atoms with E-state index in [0.717, 1.165) is 26.2 Å². The lowest BCUT2D eigenvalue weighted by molar-refractivity contribution is 0.00702. The van der Waals surface area contributed by atoms with Crippen molar-refractivity contribution in [3.05, 3.63) is 0 Å². The van der Waals surface area contributed by atoms with Crippen molar-refractivity contribution in [1.29, 1.82) is 0 Å². The first kappa shape index (κ1) is 16.9. The zero-order chi connectivity index (χ0) is 13.6. The van der Waals surface area contributed by atoms with Gasteiger partial charge in [-0.3, -0.25) is 5.32 Å². The molecule has 0 saturated carbocycles. The third kappa shape index (κ3) is 10.3. The second-order valence-corrected chi connectivity index (χ2v) is 5.70. The van der Waals surface area contributed by atoms with Crippen LogP contribution in [0.1, 0.15) is 71.1 Å². The van der Waals surface area contributed by atoms with Crippen molar-refractivity contribution in [2.24, 2.45) is 0 Å². The Morgan fingerprint density at radius 3 is 2.16 bits per heavy atom. The average Bonchev–Trinajstić information content (AvgIpc) is 2.46. The molecule has 0 aromatic carbocycles. The third-order valence-corrected chi connectivity index (χ3v) is 3.83. The van der Waals surface area contributed by atoms with Crippen LogP contribution in [-0.2, 0) is 4.74 Å². The molecule has 114 valence electrons. The molecule has 2 N–H and O–H groups in total. The van der Waals surface area contributed by atoms with Crippen molar-refractivity contribution in [2.45, 2.75) is 77.4 Å². The minimum absolute atomic E-state index is 0.243. The van der Waals surface area contributed by atoms with Gasteiger partial charge in [0.1, 0.15) is 6.23 Å². The summed E-state index contributed by atoms with van der Waals surface area (Å²) < 4.78 is 5.60. The van der Waals surface area contributed by atoms with E-state index in [1.807, 2.05) is 0 Å². The highest BCUT2D eigenvalue weighted by Gasteiger charge is 2.10. The van der Waals surface area contributed by atoms with E-state index in [0.29, 0.717) is 0 Å². The van der Waals surface area contributed by atoms with E-state index in [9.17, 15) is 0 Å². The molecule has 0 aliphatic carbocycles. The Labute approximate surface area is 119 Å². The molecule has 1 aliphatic heterocycles. The van der Waals surface area contributed by atoms with Crippen molar-refractivity contribution in [1.82, 2.24) is 10.6 Å². The van der Waals surface area contributed by atoms with Crippen LogP contribution in [0.4, 0.5) is 0 Å². The Hall–Kier alpha value is -0.120. The van der Waals surface area contributed by atoms with E-state index in [1.54, 1.807) is 0 Å². The highest BCUT2D eigenvalue weighted by atomic mass is 16.5. The maximum atomic E-state index is 5.60. The van der Waals surface area contributed by atoms with E-state index in [-0.39, 0.29) is 6.23 Å². The second-order valence-electron chi connectivity index (χ2n) is 5.70. The predicted molar refractivity (Wildman–Crippen MR) is 82.5 cm³/mol. The first-order chi connectivity index (χ1) is 9.43. The summed E-state index contributed by atoms with van der Waals surface area (Å²) in [5.41, 5.74) is 0. The molecule has 0 aromatic heterocycles. The highest BCUT2D eigenvalue weighted by Crippen LogP contribution is 2.10. The standard InChI is InChI=1S/C16H34N2O/c1-2-3-4-5-6-7-8-9-10-11-12-18-16-15-17-13-14-19-16/h16-18H,2-15H2,1H3. The quantitative estimate of drug-likeness (QED) is 0.533. The summed E-state index contributed by atoms with van der Waals surface area (Å²) in [6.07, 6.45) is 14.3. The lowest BCUT2D eigenvalue weighted by atomic mass is 10.1. The van der Waals surface area contributed by atoms with Crippen molar-refractivity contribution >= 4 is 0 Å². The van der Waals surface area contributed by atoms with Crippen LogP contribution in [-0.4, -0.2) is 32.5 Å². The molecule has 1 saturated heterocycles. The van der Waals surface area contributed by atoms with E-state index in [4.69, 9.17) is 4.74 Å². The summed E-state index contributed by atoms with van der Waals surface area (Å²) >= 11 is 0. The van der Waals surface area contributed by atoms with Gasteiger partial charge in [0.05, 0.1) is 6.61 Å². The average molecular weight is 270 g/mol. The smallest absolute Gasteiger partial charge is 0.120 e. The van der Waals surface area contributed by atoms with Crippen molar-refractivity contribution in [3.63, 3.8) is 0 Å². The molecule has 1 atom stereocenters. The molecule has 0 bridgehead atoms. The Morgan fingerprint density at radius 1 is 0.947 bits per heavy atom. The van der Waals surface area contributed by atoms with E-state index in [2.05, 4.69) is 17.6 Å². The fourth-order valence-corrected chi connectivity index (χ4v) is 2.57. The SMILES string of the molecule is CCCCCCCCCCCCNC1CNCCO1. The van der Waals surface area contributed by atoms with Crippen LogP contribution < -0.4 is 10.6 Å². The minimum atomic E-state index is 0.243. The maximum Gasteiger partial charge on any atom is 0.120 e. The number of unbranched alkanes of at least 4 members (excludes halogenated alkanes) is 9. The molecule has 1 heterocycles. The van der Waals surface area contributed by atoms with E-state index >= 15 is 0 Å². The number of hydrogen-bond donors (Lipinski definition) is 2. The van der Waals surface area contributed by atoms with Crippen molar-refractivity contribution in [3.8, 4) is 0 Å². The van der Waals surface area contributed by atoms with Crippen molar-refractivity contribution in [2.75, 3.05) is 26.2 Å². The third-order valence-electron chi connectivity index (χ3n) is 3.83. The van der Waals surface area contributed by atoms with Gasteiger partial charge in [-0.1, -0.05) is 64.7 Å². The van der Waals surface area contributed by atoms with Crippen LogP contribution in [0.5, 0.6) is 0 Å². The minimum Gasteiger partial charge on any atom is -0.361 e. The largest absolute Gasteiger partial charge is 0.361 e. The molecule has 0 amide bonds. The summed E-state index contributed by atoms with van der Waals surface area (Å²) in [6, 6.07) is 0. The first-order valence-electron chi connectivity index (χ1n) is 8.49. The number of morpholine rings is 1. The number of ether oxygens (including phenoxy) is 1. The lowest BCUT2D eigenvalue weighted by Gasteiger charge is -2.24. The van der Waals surface area contributed by atoms with Gasteiger partial charge in [0, 0.05) is 13.1 Å². The molecule has 1 unspecified atom stereocenters. The van der Waals surface area contributed by atoms with Crippen LogP contribution in [0.2, 0.25) is 0 Å². The van der Waals surface area contributed by atoms with E-state index in [1.165, 1.54) is 64.2 Å². The lowest BCUT2D eigenvalue weighted by Crippen LogP contribution is -2.47. The fraction of sp³-hybridized carbons (Fsp3) is 1.00. The van der Waals surface area contributed by atoms with Gasteiger partial charge in [0.2, 0.25) is 0 Å². The molecule has 1 fully saturated rings. The molecule has 3 heteroatoms. The summed E-state index contributed by atoms with van der Waals surface area (Å²) in [5.74, 6) is 0. The van der Waals surface area contributed by atoms with Crippen LogP contribution in [0, 0.1) is 0 Å². The van der Waals surface area contributed by atoms with Gasteiger partial charge in [-0.05, 0) is 13.0 Å². The molecular formula is C16H34N2O. The van der Waals surface area contributed by atoms with E-state index < -0.39 is 0 Å². The monoisotopic (exact) mass is 270 g/mol. The van der Waals surface area contributed by atoms with Crippen LogP contribution in [0.25, 0.3) is 0 Å². The summed E-state index contributed by atoms with van der Waals surface area (Å²) in [4.78, 5) is 0. The summed E-state index contributed by atoms with van der Waals surface area (Å²) in [6.45, 7) is 6.18. The van der Waals surface area contributed by atoms with Crippen LogP contribution in [0.3, 0.4) is 0 Å². The van der Waals surface area contributed by atoms with Crippen LogP contribution in [0.15, 0.2) is 0 Å². The molecule has 19 heavy (non-hydrogen) atoms. The topological polar surface area (TPSA) is 33.3 Å². The molecule has 0 spiro atoms. The van der Waals surface area contributed by atoms with Gasteiger partial charge in [-0.15, -0.1) is 0 Å². The van der Waals surface area contributed by atoms with Gasteiger partial charge >= 0.3 is 0 Å². The van der Waals surface area contributed by atoms with Gasteiger partial charge < -0.3 is 10.1 Å². The molecular weight excluding hydrogens is 236 g/mol. The Balaban J connectivity index is 1.71. The van der Waals surface area contributed by atoms with Crippen molar-refractivity contribution < 1.29 is 4.74 Å². The van der Waals surface area contributed by atoms with Crippen LogP contribution >= 0.6 is 0 Å². The molecule has 1 aliphatic rings. The maximum absolute atomic E-state index is 5.60. The number of rotatable bonds is 12. The zero-order valence-corrected chi connectivity index (χ0v) is 12.9. The van der Waals surface area contributed by atoms with Gasteiger partial charge in [0.25, 0.3) is 0 Å². The molecule has 0 aromatic rings. The van der Waals surface area contributed by atoms with Gasteiger partial charge in [-0.25, -0.2) is 0 Å². The molecule has 3 nitrogen and oxygen atoms in total.